The van der Waals surface area contributed by atoms with Gasteiger partial charge in [0, 0.05) is 43.1 Å². The van der Waals surface area contributed by atoms with E-state index in [1.165, 1.54) is 0 Å². The topological polar surface area (TPSA) is 61.9 Å². The largest absolute Gasteiger partial charge is 0.484 e. The molecule has 170 valence electrons. The Bertz CT molecular complexity index is 1080. The maximum Gasteiger partial charge on any atom is 0.262 e. The smallest absolute Gasteiger partial charge is 0.262 e. The van der Waals surface area contributed by atoms with Gasteiger partial charge in [-0.25, -0.2) is 0 Å². The van der Waals surface area contributed by atoms with Gasteiger partial charge in [-0.15, -0.1) is 0 Å². The van der Waals surface area contributed by atoms with Gasteiger partial charge in [-0.05, 0) is 73.5 Å². The van der Waals surface area contributed by atoms with E-state index in [1.54, 1.807) is 0 Å². The van der Waals surface area contributed by atoms with Gasteiger partial charge >= 0.3 is 0 Å². The number of nitrogens with zero attached hydrogens (tertiary/aromatic N) is 2. The van der Waals surface area contributed by atoms with Crippen molar-refractivity contribution in [3.63, 3.8) is 0 Å². The molecular weight excluding hydrogens is 414 g/mol. The van der Waals surface area contributed by atoms with Crippen LogP contribution < -0.4 is 15.0 Å². The van der Waals surface area contributed by atoms with Gasteiger partial charge in [0.2, 0.25) is 0 Å². The van der Waals surface area contributed by atoms with Crippen LogP contribution in [0.4, 0.5) is 11.4 Å². The summed E-state index contributed by atoms with van der Waals surface area (Å²) in [6, 6.07) is 23.1. The van der Waals surface area contributed by atoms with Gasteiger partial charge < -0.3 is 19.9 Å². The van der Waals surface area contributed by atoms with Crippen LogP contribution in [0.25, 0.3) is 0 Å². The Kier molecular flexibility index (Phi) is 6.93. The third kappa shape index (κ3) is 5.92. The number of aryl methyl sites for hydroxylation is 2. The average Bonchev–Trinajstić information content (AvgIpc) is 2.83. The van der Waals surface area contributed by atoms with E-state index in [9.17, 15) is 9.59 Å². The number of anilines is 2. The van der Waals surface area contributed by atoms with Crippen LogP contribution >= 0.6 is 0 Å². The predicted molar refractivity (Wildman–Crippen MR) is 131 cm³/mol. The lowest BCUT2D eigenvalue weighted by Crippen LogP contribution is -2.48. The Labute approximate surface area is 194 Å². The fourth-order valence-corrected chi connectivity index (χ4v) is 4.05. The molecule has 0 aliphatic carbocycles. The molecule has 0 aromatic heterocycles. The number of piperazine rings is 1. The molecular formula is C27H29N3O3. The second-order valence-electron chi connectivity index (χ2n) is 8.35. The maximum atomic E-state index is 12.6. The quantitative estimate of drug-likeness (QED) is 0.618. The van der Waals surface area contributed by atoms with Crippen molar-refractivity contribution in [1.29, 1.82) is 0 Å². The lowest BCUT2D eigenvalue weighted by Gasteiger charge is -2.36. The van der Waals surface area contributed by atoms with E-state index in [2.05, 4.69) is 16.3 Å². The van der Waals surface area contributed by atoms with Crippen molar-refractivity contribution in [2.45, 2.75) is 13.8 Å². The number of hydrogen-bond acceptors (Lipinski definition) is 4. The van der Waals surface area contributed by atoms with Gasteiger partial charge in [-0.2, -0.15) is 0 Å². The lowest BCUT2D eigenvalue weighted by atomic mass is 10.1. The normalized spacial score (nSPS) is 13.5. The molecule has 6 nitrogen and oxygen atoms in total. The third-order valence-corrected chi connectivity index (χ3v) is 5.67. The second kappa shape index (κ2) is 10.2. The van der Waals surface area contributed by atoms with Crippen molar-refractivity contribution in [3.8, 4) is 5.75 Å². The van der Waals surface area contributed by atoms with Crippen LogP contribution in [0, 0.1) is 13.8 Å². The number of amides is 2. The molecule has 1 heterocycles. The maximum absolute atomic E-state index is 12.6. The molecule has 1 saturated heterocycles. The zero-order valence-corrected chi connectivity index (χ0v) is 19.1. The second-order valence-corrected chi connectivity index (χ2v) is 8.35. The van der Waals surface area contributed by atoms with E-state index in [1.807, 2.05) is 85.5 Å². The highest BCUT2D eigenvalue weighted by Gasteiger charge is 2.22. The minimum absolute atomic E-state index is 0.0396. The first-order chi connectivity index (χ1) is 16.0. The Morgan fingerprint density at radius 1 is 0.848 bits per heavy atom. The summed E-state index contributed by atoms with van der Waals surface area (Å²) in [4.78, 5) is 29.1. The molecule has 2 amide bonds. The zero-order chi connectivity index (χ0) is 23.2. The molecule has 1 fully saturated rings. The summed E-state index contributed by atoms with van der Waals surface area (Å²) in [5.74, 6) is 0.578. The molecule has 4 rings (SSSR count). The van der Waals surface area contributed by atoms with Crippen molar-refractivity contribution < 1.29 is 14.3 Å². The molecule has 33 heavy (non-hydrogen) atoms. The third-order valence-electron chi connectivity index (χ3n) is 5.67. The molecule has 1 aliphatic heterocycles. The molecule has 0 unspecified atom stereocenters. The minimum Gasteiger partial charge on any atom is -0.484 e. The van der Waals surface area contributed by atoms with Gasteiger partial charge in [0.05, 0.1) is 0 Å². The monoisotopic (exact) mass is 443 g/mol. The highest BCUT2D eigenvalue weighted by Crippen LogP contribution is 2.21. The number of rotatable bonds is 6. The molecule has 3 aromatic carbocycles. The van der Waals surface area contributed by atoms with Crippen molar-refractivity contribution in [2.75, 3.05) is 43.0 Å². The van der Waals surface area contributed by atoms with Gasteiger partial charge in [-0.3, -0.25) is 9.59 Å². The minimum atomic E-state index is -0.199. The lowest BCUT2D eigenvalue weighted by molar-refractivity contribution is -0.118. The van der Waals surface area contributed by atoms with E-state index in [-0.39, 0.29) is 18.4 Å². The summed E-state index contributed by atoms with van der Waals surface area (Å²) in [5.41, 5.74) is 4.74. The zero-order valence-electron chi connectivity index (χ0n) is 19.1. The molecule has 1 aliphatic rings. The van der Waals surface area contributed by atoms with Gasteiger partial charge in [0.1, 0.15) is 5.75 Å². The highest BCUT2D eigenvalue weighted by molar-refractivity contribution is 5.94. The van der Waals surface area contributed by atoms with E-state index >= 15 is 0 Å². The first-order valence-electron chi connectivity index (χ1n) is 11.2. The molecule has 6 heteroatoms. The van der Waals surface area contributed by atoms with E-state index in [0.29, 0.717) is 18.8 Å². The molecule has 3 aromatic rings. The molecule has 0 saturated carbocycles. The molecule has 0 spiro atoms. The fourth-order valence-electron chi connectivity index (χ4n) is 4.05. The Morgan fingerprint density at radius 3 is 2.12 bits per heavy atom. The number of benzene rings is 3. The Balaban J connectivity index is 1.26. The van der Waals surface area contributed by atoms with Crippen molar-refractivity contribution in [1.82, 2.24) is 4.90 Å². The number of carbonyl (C=O) groups is 2. The summed E-state index contributed by atoms with van der Waals surface area (Å²) in [7, 11) is 0. The fraction of sp³-hybridized carbons (Fsp3) is 0.259. The number of ether oxygens (including phenoxy) is 1. The molecule has 0 bridgehead atoms. The van der Waals surface area contributed by atoms with Crippen LogP contribution in [0.5, 0.6) is 5.75 Å². The molecule has 0 radical (unpaired) electrons. The van der Waals surface area contributed by atoms with Crippen LogP contribution in [0.1, 0.15) is 21.5 Å². The van der Waals surface area contributed by atoms with Crippen LogP contribution in [0.3, 0.4) is 0 Å². The highest BCUT2D eigenvalue weighted by atomic mass is 16.5. The van der Waals surface area contributed by atoms with E-state index in [4.69, 9.17) is 4.74 Å². The SMILES string of the molecule is Cc1cc(C)cc(OCC(=O)Nc2ccc(N3CCN(C(=O)c4ccccc4)CC3)cc2)c1. The average molecular weight is 444 g/mol. The van der Waals surface area contributed by atoms with E-state index < -0.39 is 0 Å². The molecule has 1 N–H and O–H groups in total. The summed E-state index contributed by atoms with van der Waals surface area (Å²) in [6.07, 6.45) is 0. The first-order valence-corrected chi connectivity index (χ1v) is 11.2. The van der Waals surface area contributed by atoms with Crippen molar-refractivity contribution in [3.05, 3.63) is 89.5 Å². The van der Waals surface area contributed by atoms with Crippen LogP contribution in [0.15, 0.2) is 72.8 Å². The number of hydrogen-bond donors (Lipinski definition) is 1. The summed E-state index contributed by atoms with van der Waals surface area (Å²) < 4.78 is 5.63. The van der Waals surface area contributed by atoms with E-state index in [0.717, 1.165) is 41.2 Å². The van der Waals surface area contributed by atoms with Crippen LogP contribution in [-0.2, 0) is 4.79 Å². The first kappa shape index (κ1) is 22.4. The summed E-state index contributed by atoms with van der Waals surface area (Å²) >= 11 is 0. The predicted octanol–water partition coefficient (Wildman–Crippen LogP) is 4.28. The van der Waals surface area contributed by atoms with Gasteiger partial charge in [0.15, 0.2) is 6.61 Å². The van der Waals surface area contributed by atoms with Crippen molar-refractivity contribution >= 4 is 23.2 Å². The van der Waals surface area contributed by atoms with Gasteiger partial charge in [0.25, 0.3) is 11.8 Å². The van der Waals surface area contributed by atoms with Crippen molar-refractivity contribution in [2.24, 2.45) is 0 Å². The van der Waals surface area contributed by atoms with Crippen LogP contribution in [-0.4, -0.2) is 49.5 Å². The molecule has 0 atom stereocenters. The Hall–Kier alpha value is -3.80. The standard InChI is InChI=1S/C27H29N3O3/c1-20-16-21(2)18-25(17-20)33-19-26(31)28-23-8-10-24(11-9-23)29-12-14-30(15-13-29)27(32)22-6-4-3-5-7-22/h3-11,16-18H,12-15,19H2,1-2H3,(H,28,31). The Morgan fingerprint density at radius 2 is 1.48 bits per heavy atom. The van der Waals surface area contributed by atoms with Crippen LogP contribution in [0.2, 0.25) is 0 Å². The summed E-state index contributed by atoms with van der Waals surface area (Å²) in [6.45, 7) is 6.87. The number of carbonyl (C=O) groups excluding carboxylic acids is 2. The number of nitrogens with one attached hydrogen (secondary N) is 1. The van der Waals surface area contributed by atoms with Gasteiger partial charge in [-0.1, -0.05) is 24.3 Å². The summed E-state index contributed by atoms with van der Waals surface area (Å²) in [5, 5.41) is 2.88.